The highest BCUT2D eigenvalue weighted by atomic mass is 35.5. The molecular formula is C17H17ClF4O4S. The van der Waals surface area contributed by atoms with Gasteiger partial charge in [0, 0.05) is 6.07 Å². The van der Waals surface area contributed by atoms with Gasteiger partial charge in [-0.15, -0.1) is 0 Å². The van der Waals surface area contributed by atoms with Crippen molar-refractivity contribution in [2.45, 2.75) is 43.5 Å². The number of halogens is 5. The van der Waals surface area contributed by atoms with Crippen LogP contribution in [0.3, 0.4) is 0 Å². The van der Waals surface area contributed by atoms with Gasteiger partial charge >= 0.3 is 6.18 Å². The molecule has 0 bridgehead atoms. The Labute approximate surface area is 158 Å². The first kappa shape index (κ1) is 20.4. The van der Waals surface area contributed by atoms with Crippen LogP contribution >= 0.6 is 11.6 Å². The molecule has 150 valence electrons. The standard InChI is InChI=1S/C17H17ClF4O4S/c18-12-6-11(14(23)8-27(24,25)10-2-3-10)13(19)7-15(12)26-9-16(4-1-5-16)17(20,21)22/h6-7,10H,1-5,8-9H2. The molecule has 2 fully saturated rings. The van der Waals surface area contributed by atoms with Crippen molar-refractivity contribution < 1.29 is 35.5 Å². The van der Waals surface area contributed by atoms with Crippen LogP contribution in [-0.2, 0) is 9.84 Å². The first-order valence-corrected chi connectivity index (χ1v) is 10.5. The van der Waals surface area contributed by atoms with Crippen LogP contribution < -0.4 is 4.74 Å². The number of Topliss-reactive ketones (excluding diaryl/α,β-unsaturated/α-hetero) is 1. The van der Waals surface area contributed by atoms with Crippen LogP contribution in [0.1, 0.15) is 42.5 Å². The Bertz CT molecular complexity index is 858. The van der Waals surface area contributed by atoms with Crippen molar-refractivity contribution in [3.63, 3.8) is 0 Å². The SMILES string of the molecule is O=C(CS(=O)(=O)C1CC1)c1cc(Cl)c(OCC2(C(F)(F)F)CCC2)cc1F. The van der Waals surface area contributed by atoms with Crippen LogP contribution in [0.4, 0.5) is 17.6 Å². The molecule has 0 heterocycles. The monoisotopic (exact) mass is 428 g/mol. The Morgan fingerprint density at radius 1 is 1.26 bits per heavy atom. The normalized spacial score (nSPS) is 19.4. The minimum Gasteiger partial charge on any atom is -0.491 e. The fourth-order valence-electron chi connectivity index (χ4n) is 2.99. The van der Waals surface area contributed by atoms with E-state index in [-0.39, 0.29) is 23.6 Å². The van der Waals surface area contributed by atoms with Crippen molar-refractivity contribution in [3.8, 4) is 5.75 Å². The summed E-state index contributed by atoms with van der Waals surface area (Å²) < 4.78 is 82.6. The number of carbonyl (C=O) groups is 1. The quantitative estimate of drug-likeness (QED) is 0.478. The lowest BCUT2D eigenvalue weighted by molar-refractivity contribution is -0.259. The van der Waals surface area contributed by atoms with Crippen LogP contribution in [0, 0.1) is 11.2 Å². The number of hydrogen-bond donors (Lipinski definition) is 0. The van der Waals surface area contributed by atoms with E-state index >= 15 is 0 Å². The van der Waals surface area contributed by atoms with Crippen molar-refractivity contribution in [1.82, 2.24) is 0 Å². The number of benzene rings is 1. The molecule has 3 rings (SSSR count). The summed E-state index contributed by atoms with van der Waals surface area (Å²) in [5.41, 5.74) is -2.50. The largest absolute Gasteiger partial charge is 0.491 e. The third-order valence-corrected chi connectivity index (χ3v) is 7.55. The zero-order valence-corrected chi connectivity index (χ0v) is 15.7. The molecule has 0 saturated heterocycles. The highest BCUT2D eigenvalue weighted by Crippen LogP contribution is 2.53. The van der Waals surface area contributed by atoms with Gasteiger partial charge < -0.3 is 4.74 Å². The molecule has 0 aliphatic heterocycles. The fraction of sp³-hybridized carbons (Fsp3) is 0.588. The van der Waals surface area contributed by atoms with Gasteiger partial charge in [-0.3, -0.25) is 4.79 Å². The van der Waals surface area contributed by atoms with Crippen LogP contribution in [0.15, 0.2) is 12.1 Å². The van der Waals surface area contributed by atoms with Gasteiger partial charge in [-0.1, -0.05) is 18.0 Å². The van der Waals surface area contributed by atoms with Crippen molar-refractivity contribution in [2.75, 3.05) is 12.4 Å². The van der Waals surface area contributed by atoms with E-state index in [4.69, 9.17) is 16.3 Å². The number of sulfone groups is 1. The van der Waals surface area contributed by atoms with E-state index in [1.54, 1.807) is 0 Å². The van der Waals surface area contributed by atoms with E-state index in [0.717, 1.165) is 12.1 Å². The molecule has 1 aromatic rings. The summed E-state index contributed by atoms with van der Waals surface area (Å²) in [6.45, 7) is -0.695. The van der Waals surface area contributed by atoms with Crippen LogP contribution in [0.5, 0.6) is 5.75 Å². The van der Waals surface area contributed by atoms with Gasteiger partial charge in [-0.05, 0) is 31.7 Å². The average molecular weight is 429 g/mol. The van der Waals surface area contributed by atoms with Crippen LogP contribution in [0.25, 0.3) is 0 Å². The van der Waals surface area contributed by atoms with E-state index in [0.29, 0.717) is 19.3 Å². The van der Waals surface area contributed by atoms with E-state index < -0.39 is 56.2 Å². The number of ketones is 1. The molecular weight excluding hydrogens is 412 g/mol. The highest BCUT2D eigenvalue weighted by Gasteiger charge is 2.58. The third-order valence-electron chi connectivity index (χ3n) is 5.10. The van der Waals surface area contributed by atoms with E-state index in [1.807, 2.05) is 0 Å². The molecule has 4 nitrogen and oxygen atoms in total. The predicted octanol–water partition coefficient (Wildman–Crippen LogP) is 4.35. The number of alkyl halides is 3. The first-order valence-electron chi connectivity index (χ1n) is 8.38. The predicted molar refractivity (Wildman–Crippen MR) is 90.4 cm³/mol. The van der Waals surface area contributed by atoms with Crippen molar-refractivity contribution in [1.29, 1.82) is 0 Å². The summed E-state index contributed by atoms with van der Waals surface area (Å²) in [7, 11) is -3.63. The number of hydrogen-bond acceptors (Lipinski definition) is 4. The molecule has 2 aliphatic rings. The summed E-state index contributed by atoms with van der Waals surface area (Å²) in [6.07, 6.45) is -3.21. The lowest BCUT2D eigenvalue weighted by Crippen LogP contribution is -2.48. The van der Waals surface area contributed by atoms with Gasteiger partial charge in [0.05, 0.1) is 21.3 Å². The Hall–Kier alpha value is -1.35. The average Bonchev–Trinajstić information content (AvgIpc) is 3.32. The van der Waals surface area contributed by atoms with E-state index in [9.17, 15) is 30.8 Å². The van der Waals surface area contributed by atoms with Gasteiger partial charge in [0.2, 0.25) is 0 Å². The number of carbonyl (C=O) groups excluding carboxylic acids is 1. The lowest BCUT2D eigenvalue weighted by Gasteiger charge is -2.42. The summed E-state index contributed by atoms with van der Waals surface area (Å²) in [5.74, 6) is -3.17. The lowest BCUT2D eigenvalue weighted by atomic mass is 9.69. The molecule has 0 atom stereocenters. The second-order valence-electron chi connectivity index (χ2n) is 7.11. The Morgan fingerprint density at radius 3 is 2.37 bits per heavy atom. The van der Waals surface area contributed by atoms with Crippen molar-refractivity contribution in [3.05, 3.63) is 28.5 Å². The summed E-state index contributed by atoms with van der Waals surface area (Å²) in [4.78, 5) is 12.1. The van der Waals surface area contributed by atoms with Crippen molar-refractivity contribution in [2.24, 2.45) is 5.41 Å². The third kappa shape index (κ3) is 4.08. The Balaban J connectivity index is 1.74. The van der Waals surface area contributed by atoms with Gasteiger partial charge in [-0.2, -0.15) is 13.2 Å². The molecule has 27 heavy (non-hydrogen) atoms. The van der Waals surface area contributed by atoms with Gasteiger partial charge in [0.15, 0.2) is 15.6 Å². The maximum absolute atomic E-state index is 14.2. The second-order valence-corrected chi connectivity index (χ2v) is 9.80. The molecule has 2 aliphatic carbocycles. The zero-order valence-electron chi connectivity index (χ0n) is 14.1. The highest BCUT2D eigenvalue weighted by molar-refractivity contribution is 7.93. The minimum absolute atomic E-state index is 0.0772. The molecule has 1 aromatic carbocycles. The molecule has 0 amide bonds. The minimum atomic E-state index is -4.44. The summed E-state index contributed by atoms with van der Waals surface area (Å²) in [6, 6.07) is 1.63. The number of rotatable bonds is 7. The van der Waals surface area contributed by atoms with Gasteiger partial charge in [0.1, 0.15) is 23.9 Å². The summed E-state index contributed by atoms with van der Waals surface area (Å²) >= 11 is 5.92. The fourth-order valence-corrected chi connectivity index (χ4v) is 4.82. The van der Waals surface area contributed by atoms with Gasteiger partial charge in [-0.25, -0.2) is 12.8 Å². The molecule has 0 unspecified atom stereocenters. The number of ether oxygens (including phenoxy) is 1. The molecule has 10 heteroatoms. The molecule has 0 radical (unpaired) electrons. The second kappa shape index (κ2) is 6.92. The van der Waals surface area contributed by atoms with Gasteiger partial charge in [0.25, 0.3) is 0 Å². The van der Waals surface area contributed by atoms with E-state index in [2.05, 4.69) is 0 Å². The molecule has 0 aromatic heterocycles. The van der Waals surface area contributed by atoms with Crippen LogP contribution in [0.2, 0.25) is 5.02 Å². The maximum atomic E-state index is 14.2. The maximum Gasteiger partial charge on any atom is 0.397 e. The van der Waals surface area contributed by atoms with Crippen molar-refractivity contribution >= 4 is 27.2 Å². The zero-order chi connectivity index (χ0) is 20.0. The molecule has 0 spiro atoms. The Morgan fingerprint density at radius 2 is 1.89 bits per heavy atom. The Kier molecular flexibility index (Phi) is 5.22. The molecule has 2 saturated carbocycles. The topological polar surface area (TPSA) is 60.4 Å². The van der Waals surface area contributed by atoms with Crippen LogP contribution in [-0.4, -0.2) is 38.0 Å². The smallest absolute Gasteiger partial charge is 0.397 e. The van der Waals surface area contributed by atoms with E-state index in [1.165, 1.54) is 0 Å². The molecule has 0 N–H and O–H groups in total. The first-order chi connectivity index (χ1) is 12.5. The summed E-state index contributed by atoms with van der Waals surface area (Å²) in [5, 5.41) is -0.816.